The van der Waals surface area contributed by atoms with Gasteiger partial charge in [0.1, 0.15) is 11.6 Å². The number of hydrogen-bond donors (Lipinski definition) is 2. The van der Waals surface area contributed by atoms with E-state index in [2.05, 4.69) is 33.8 Å². The maximum Gasteiger partial charge on any atom is 0.147 e. The Labute approximate surface area is 113 Å². The monoisotopic (exact) mass is 266 g/mol. The van der Waals surface area contributed by atoms with Crippen molar-refractivity contribution in [3.63, 3.8) is 0 Å². The van der Waals surface area contributed by atoms with Crippen molar-refractivity contribution in [1.29, 1.82) is 0 Å². The molecule has 1 aromatic rings. The van der Waals surface area contributed by atoms with E-state index < -0.39 is 0 Å². The second-order valence-corrected chi connectivity index (χ2v) is 5.75. The molecular weight excluding hydrogens is 244 g/mol. The first-order valence-corrected chi connectivity index (χ1v) is 7.97. The van der Waals surface area contributed by atoms with Crippen LogP contribution in [0.1, 0.15) is 32.6 Å². The number of hydrogen-bond acceptors (Lipinski definition) is 5. The maximum atomic E-state index is 4.55. The molecule has 0 bridgehead atoms. The molecule has 2 unspecified atom stereocenters. The van der Waals surface area contributed by atoms with Crippen LogP contribution in [0.5, 0.6) is 0 Å². The summed E-state index contributed by atoms with van der Waals surface area (Å²) in [6.45, 7) is 3.08. The molecule has 1 saturated carbocycles. The maximum absolute atomic E-state index is 4.55. The molecule has 0 aliphatic heterocycles. The average molecular weight is 266 g/mol. The summed E-state index contributed by atoms with van der Waals surface area (Å²) in [5.41, 5.74) is 0. The summed E-state index contributed by atoms with van der Waals surface area (Å²) in [7, 11) is 0. The van der Waals surface area contributed by atoms with Crippen molar-refractivity contribution in [2.24, 2.45) is 0 Å². The molecule has 2 N–H and O–H groups in total. The van der Waals surface area contributed by atoms with Crippen LogP contribution in [0.25, 0.3) is 0 Å². The van der Waals surface area contributed by atoms with Crippen molar-refractivity contribution < 1.29 is 0 Å². The van der Waals surface area contributed by atoms with Gasteiger partial charge in [-0.3, -0.25) is 4.98 Å². The van der Waals surface area contributed by atoms with Crippen LogP contribution in [0.15, 0.2) is 12.4 Å². The summed E-state index contributed by atoms with van der Waals surface area (Å²) in [5, 5.41) is 7.50. The third-order valence-corrected chi connectivity index (χ3v) is 4.45. The lowest BCUT2D eigenvalue weighted by molar-refractivity contribution is 0.762. The van der Waals surface area contributed by atoms with Gasteiger partial charge in [-0.1, -0.05) is 13.3 Å². The van der Waals surface area contributed by atoms with Crippen molar-refractivity contribution in [1.82, 2.24) is 9.97 Å². The Balaban J connectivity index is 1.96. The molecular formula is C13H22N4S. The third-order valence-electron chi connectivity index (χ3n) is 3.28. The van der Waals surface area contributed by atoms with Gasteiger partial charge in [0, 0.05) is 17.8 Å². The molecule has 1 aromatic heterocycles. The Morgan fingerprint density at radius 2 is 2.17 bits per heavy atom. The molecule has 0 amide bonds. The molecule has 2 rings (SSSR count). The first kappa shape index (κ1) is 13.5. The van der Waals surface area contributed by atoms with Crippen molar-refractivity contribution >= 4 is 23.4 Å². The number of thioether (sulfide) groups is 1. The zero-order chi connectivity index (χ0) is 12.8. The van der Waals surface area contributed by atoms with Crippen molar-refractivity contribution in [3.8, 4) is 0 Å². The summed E-state index contributed by atoms with van der Waals surface area (Å²) >= 11 is 1.95. The minimum Gasteiger partial charge on any atom is -0.369 e. The van der Waals surface area contributed by atoms with Gasteiger partial charge in [0.2, 0.25) is 0 Å². The molecule has 5 heteroatoms. The summed E-state index contributed by atoms with van der Waals surface area (Å²) in [6.07, 6.45) is 10.7. The fourth-order valence-corrected chi connectivity index (χ4v) is 3.27. The van der Waals surface area contributed by atoms with Crippen LogP contribution in [-0.4, -0.2) is 34.1 Å². The van der Waals surface area contributed by atoms with Crippen molar-refractivity contribution in [3.05, 3.63) is 12.4 Å². The number of nitrogens with zero attached hydrogens (tertiary/aromatic N) is 2. The minimum atomic E-state index is 0.538. The molecule has 1 fully saturated rings. The summed E-state index contributed by atoms with van der Waals surface area (Å²) in [4.78, 5) is 8.78. The largest absolute Gasteiger partial charge is 0.369 e. The van der Waals surface area contributed by atoms with E-state index in [0.717, 1.165) is 24.6 Å². The Hall–Kier alpha value is -0.970. The first-order chi connectivity index (χ1) is 8.83. The lowest BCUT2D eigenvalue weighted by Gasteiger charge is -2.19. The second-order valence-electron chi connectivity index (χ2n) is 4.67. The molecule has 18 heavy (non-hydrogen) atoms. The van der Waals surface area contributed by atoms with Crippen molar-refractivity contribution in [2.75, 3.05) is 23.4 Å². The Morgan fingerprint density at radius 1 is 1.33 bits per heavy atom. The smallest absolute Gasteiger partial charge is 0.147 e. The SMILES string of the molecule is CCCNc1cncc(NC2CCCC2SC)n1. The number of anilines is 2. The number of rotatable bonds is 6. The highest BCUT2D eigenvalue weighted by atomic mass is 32.2. The zero-order valence-corrected chi connectivity index (χ0v) is 12.0. The van der Waals surface area contributed by atoms with E-state index in [1.165, 1.54) is 19.3 Å². The van der Waals surface area contributed by atoms with Gasteiger partial charge in [0.15, 0.2) is 0 Å². The molecule has 4 nitrogen and oxygen atoms in total. The Morgan fingerprint density at radius 3 is 2.94 bits per heavy atom. The van der Waals surface area contributed by atoms with Gasteiger partial charge in [-0.2, -0.15) is 11.8 Å². The molecule has 0 saturated heterocycles. The fourth-order valence-electron chi connectivity index (χ4n) is 2.34. The average Bonchev–Trinajstić information content (AvgIpc) is 2.84. The van der Waals surface area contributed by atoms with Crippen LogP contribution < -0.4 is 10.6 Å². The first-order valence-electron chi connectivity index (χ1n) is 6.68. The van der Waals surface area contributed by atoms with Crippen LogP contribution in [0.2, 0.25) is 0 Å². The Kier molecular flexibility index (Phi) is 5.11. The second kappa shape index (κ2) is 6.83. The highest BCUT2D eigenvalue weighted by Crippen LogP contribution is 2.30. The van der Waals surface area contributed by atoms with Crippen LogP contribution in [0.3, 0.4) is 0 Å². The van der Waals surface area contributed by atoms with E-state index in [-0.39, 0.29) is 0 Å². The third kappa shape index (κ3) is 3.51. The normalized spacial score (nSPS) is 23.0. The highest BCUT2D eigenvalue weighted by molar-refractivity contribution is 7.99. The standard InChI is InChI=1S/C13H22N4S/c1-3-7-15-12-8-14-9-13(17-12)16-10-5-4-6-11(10)18-2/h8-11H,3-7H2,1-2H3,(H2,15,16,17). The van der Waals surface area contributed by atoms with Gasteiger partial charge in [-0.05, 0) is 25.5 Å². The highest BCUT2D eigenvalue weighted by Gasteiger charge is 2.26. The molecule has 1 heterocycles. The molecule has 2 atom stereocenters. The van der Waals surface area contributed by atoms with E-state index in [9.17, 15) is 0 Å². The number of nitrogens with one attached hydrogen (secondary N) is 2. The van der Waals surface area contributed by atoms with E-state index in [4.69, 9.17) is 0 Å². The molecule has 1 aliphatic carbocycles. The van der Waals surface area contributed by atoms with Gasteiger partial charge < -0.3 is 10.6 Å². The molecule has 0 spiro atoms. The Bertz CT molecular complexity index is 372. The quantitative estimate of drug-likeness (QED) is 0.829. The predicted molar refractivity (Wildman–Crippen MR) is 79.4 cm³/mol. The van der Waals surface area contributed by atoms with Crippen LogP contribution in [0, 0.1) is 0 Å². The summed E-state index contributed by atoms with van der Waals surface area (Å²) in [6, 6.07) is 0.538. The zero-order valence-electron chi connectivity index (χ0n) is 11.1. The molecule has 100 valence electrons. The molecule has 0 radical (unpaired) electrons. The fraction of sp³-hybridized carbons (Fsp3) is 0.692. The minimum absolute atomic E-state index is 0.538. The lowest BCUT2D eigenvalue weighted by atomic mass is 10.2. The van der Waals surface area contributed by atoms with Crippen LogP contribution >= 0.6 is 11.8 Å². The summed E-state index contributed by atoms with van der Waals surface area (Å²) < 4.78 is 0. The summed E-state index contributed by atoms with van der Waals surface area (Å²) in [5.74, 6) is 1.75. The van der Waals surface area contributed by atoms with Crippen molar-refractivity contribution in [2.45, 2.75) is 43.9 Å². The number of aromatic nitrogens is 2. The molecule has 0 aromatic carbocycles. The van der Waals surface area contributed by atoms with E-state index in [1.807, 2.05) is 18.0 Å². The van der Waals surface area contributed by atoms with E-state index in [0.29, 0.717) is 11.3 Å². The van der Waals surface area contributed by atoms with E-state index in [1.54, 1.807) is 6.20 Å². The van der Waals surface area contributed by atoms with E-state index >= 15 is 0 Å². The van der Waals surface area contributed by atoms with Gasteiger partial charge in [-0.25, -0.2) is 4.98 Å². The van der Waals surface area contributed by atoms with Gasteiger partial charge >= 0.3 is 0 Å². The van der Waals surface area contributed by atoms with Crippen LogP contribution in [0.4, 0.5) is 11.6 Å². The van der Waals surface area contributed by atoms with Gasteiger partial charge in [0.05, 0.1) is 12.4 Å². The predicted octanol–water partition coefficient (Wildman–Crippen LogP) is 2.99. The lowest BCUT2D eigenvalue weighted by Crippen LogP contribution is -2.26. The van der Waals surface area contributed by atoms with Gasteiger partial charge in [0.25, 0.3) is 0 Å². The van der Waals surface area contributed by atoms with Crippen LogP contribution in [-0.2, 0) is 0 Å². The van der Waals surface area contributed by atoms with Gasteiger partial charge in [-0.15, -0.1) is 0 Å². The topological polar surface area (TPSA) is 49.8 Å². The molecule has 1 aliphatic rings.